The molecule has 0 radical (unpaired) electrons. The van der Waals surface area contributed by atoms with Crippen molar-refractivity contribution in [3.63, 3.8) is 0 Å². The van der Waals surface area contributed by atoms with Gasteiger partial charge in [-0.3, -0.25) is 4.79 Å². The molecule has 1 aromatic heterocycles. The Bertz CT molecular complexity index is 328. The summed E-state index contributed by atoms with van der Waals surface area (Å²) in [7, 11) is 0. The Labute approximate surface area is 93.9 Å². The Balaban J connectivity index is 1.87. The number of thiophene rings is 1. The van der Waals surface area contributed by atoms with Crippen molar-refractivity contribution in [3.05, 3.63) is 22.4 Å². The molecule has 0 bridgehead atoms. The van der Waals surface area contributed by atoms with Gasteiger partial charge in [0.05, 0.1) is 12.0 Å². The fraction of sp³-hybridized carbons (Fsp3) is 0.545. The van der Waals surface area contributed by atoms with Crippen molar-refractivity contribution in [1.29, 1.82) is 0 Å². The zero-order valence-corrected chi connectivity index (χ0v) is 9.69. The molecule has 1 aliphatic rings. The molecular weight excluding hydrogens is 208 g/mol. The molecule has 0 aliphatic carbocycles. The summed E-state index contributed by atoms with van der Waals surface area (Å²) in [6.07, 6.45) is 0.934. The van der Waals surface area contributed by atoms with E-state index in [1.807, 2.05) is 24.4 Å². The largest absolute Gasteiger partial charge is 0.351 e. The lowest BCUT2D eigenvalue weighted by atomic mass is 9.89. The first kappa shape index (κ1) is 10.6. The molecule has 15 heavy (non-hydrogen) atoms. The van der Waals surface area contributed by atoms with Gasteiger partial charge in [-0.15, -0.1) is 11.3 Å². The third-order valence-corrected chi connectivity index (χ3v) is 3.80. The predicted molar refractivity (Wildman–Crippen MR) is 61.8 cm³/mol. The molecule has 1 saturated heterocycles. The molecule has 1 unspecified atom stereocenters. The lowest BCUT2D eigenvalue weighted by Crippen LogP contribution is -2.39. The van der Waals surface area contributed by atoms with Crippen LogP contribution in [0.25, 0.3) is 0 Å². The van der Waals surface area contributed by atoms with Crippen molar-refractivity contribution >= 4 is 17.2 Å². The molecule has 2 N–H and O–H groups in total. The molecule has 1 atom stereocenters. The third-order valence-electron chi connectivity index (χ3n) is 2.92. The first-order chi connectivity index (χ1) is 7.21. The Morgan fingerprint density at radius 3 is 3.20 bits per heavy atom. The maximum atomic E-state index is 11.9. The molecular formula is C11H16N2OS. The summed E-state index contributed by atoms with van der Waals surface area (Å²) in [5.41, 5.74) is -0.211. The lowest BCUT2D eigenvalue weighted by Gasteiger charge is -2.21. The van der Waals surface area contributed by atoms with Crippen LogP contribution >= 0.6 is 11.3 Å². The Kier molecular flexibility index (Phi) is 3.07. The maximum absolute atomic E-state index is 11.9. The smallest absolute Gasteiger partial charge is 0.227 e. The van der Waals surface area contributed by atoms with Crippen molar-refractivity contribution in [1.82, 2.24) is 10.6 Å². The summed E-state index contributed by atoms with van der Waals surface area (Å²) in [4.78, 5) is 13.1. The third kappa shape index (κ3) is 2.38. The van der Waals surface area contributed by atoms with Crippen LogP contribution in [-0.2, 0) is 11.3 Å². The molecule has 2 heterocycles. The highest BCUT2D eigenvalue weighted by Crippen LogP contribution is 2.24. The number of hydrogen-bond donors (Lipinski definition) is 2. The zero-order chi connectivity index (χ0) is 10.7. The van der Waals surface area contributed by atoms with Gasteiger partial charge in [-0.25, -0.2) is 0 Å². The van der Waals surface area contributed by atoms with Crippen LogP contribution in [0.1, 0.15) is 18.2 Å². The summed E-state index contributed by atoms with van der Waals surface area (Å²) in [5.74, 6) is 0.168. The quantitative estimate of drug-likeness (QED) is 0.814. The Hall–Kier alpha value is -0.870. The van der Waals surface area contributed by atoms with E-state index in [2.05, 4.69) is 10.6 Å². The van der Waals surface area contributed by atoms with Crippen molar-refractivity contribution < 1.29 is 4.79 Å². The van der Waals surface area contributed by atoms with E-state index in [-0.39, 0.29) is 11.3 Å². The van der Waals surface area contributed by atoms with Gasteiger partial charge >= 0.3 is 0 Å². The van der Waals surface area contributed by atoms with Gasteiger partial charge < -0.3 is 10.6 Å². The summed E-state index contributed by atoms with van der Waals surface area (Å²) in [5, 5.41) is 8.26. The Morgan fingerprint density at radius 1 is 1.73 bits per heavy atom. The van der Waals surface area contributed by atoms with Crippen molar-refractivity contribution in [2.75, 3.05) is 13.1 Å². The Morgan fingerprint density at radius 2 is 2.60 bits per heavy atom. The van der Waals surface area contributed by atoms with Gasteiger partial charge in [0.15, 0.2) is 0 Å². The van der Waals surface area contributed by atoms with Crippen LogP contribution in [0.5, 0.6) is 0 Å². The topological polar surface area (TPSA) is 41.1 Å². The number of hydrogen-bond acceptors (Lipinski definition) is 3. The van der Waals surface area contributed by atoms with Crippen LogP contribution in [0.3, 0.4) is 0 Å². The number of amides is 1. The van der Waals surface area contributed by atoms with Gasteiger partial charge in [0.1, 0.15) is 0 Å². The fourth-order valence-electron chi connectivity index (χ4n) is 1.80. The zero-order valence-electron chi connectivity index (χ0n) is 8.88. The minimum Gasteiger partial charge on any atom is -0.351 e. The standard InChI is InChI=1S/C11H16N2OS/c1-11(4-5-12-8-11)10(14)13-7-9-3-2-6-15-9/h2-3,6,12H,4-5,7-8H2,1H3,(H,13,14). The second kappa shape index (κ2) is 4.33. The predicted octanol–water partition coefficient (Wildman–Crippen LogP) is 1.36. The van der Waals surface area contributed by atoms with E-state index in [0.717, 1.165) is 19.5 Å². The first-order valence-electron chi connectivity index (χ1n) is 5.22. The SMILES string of the molecule is CC1(C(=O)NCc2cccs2)CCNC1. The van der Waals surface area contributed by atoms with Crippen LogP contribution in [0.15, 0.2) is 17.5 Å². The van der Waals surface area contributed by atoms with Crippen molar-refractivity contribution in [3.8, 4) is 0 Å². The van der Waals surface area contributed by atoms with E-state index in [0.29, 0.717) is 6.54 Å². The van der Waals surface area contributed by atoms with Crippen LogP contribution in [0.2, 0.25) is 0 Å². The summed E-state index contributed by atoms with van der Waals surface area (Å²) < 4.78 is 0. The first-order valence-corrected chi connectivity index (χ1v) is 6.10. The molecule has 1 amide bonds. The minimum absolute atomic E-state index is 0.168. The number of carbonyl (C=O) groups is 1. The van der Waals surface area contributed by atoms with Gasteiger partial charge in [0, 0.05) is 11.4 Å². The number of rotatable bonds is 3. The molecule has 2 rings (SSSR count). The van der Waals surface area contributed by atoms with Gasteiger partial charge in [0.2, 0.25) is 5.91 Å². The molecule has 1 aromatic rings. The fourth-order valence-corrected chi connectivity index (χ4v) is 2.45. The van der Waals surface area contributed by atoms with Crippen molar-refractivity contribution in [2.45, 2.75) is 19.9 Å². The van der Waals surface area contributed by atoms with E-state index < -0.39 is 0 Å². The average molecular weight is 224 g/mol. The molecule has 0 spiro atoms. The normalized spacial score (nSPS) is 25.4. The molecule has 0 aromatic carbocycles. The highest BCUT2D eigenvalue weighted by atomic mass is 32.1. The molecule has 0 saturated carbocycles. The molecule has 1 fully saturated rings. The highest BCUT2D eigenvalue weighted by Gasteiger charge is 2.35. The lowest BCUT2D eigenvalue weighted by molar-refractivity contribution is -0.129. The summed E-state index contributed by atoms with van der Waals surface area (Å²) in [6.45, 7) is 4.43. The number of nitrogens with one attached hydrogen (secondary N) is 2. The van der Waals surface area contributed by atoms with Crippen molar-refractivity contribution in [2.24, 2.45) is 5.41 Å². The van der Waals surface area contributed by atoms with E-state index in [4.69, 9.17) is 0 Å². The highest BCUT2D eigenvalue weighted by molar-refractivity contribution is 7.09. The second-order valence-corrected chi connectivity index (χ2v) is 5.28. The summed E-state index contributed by atoms with van der Waals surface area (Å²) >= 11 is 1.68. The van der Waals surface area contributed by atoms with Gasteiger partial charge in [-0.2, -0.15) is 0 Å². The van der Waals surface area contributed by atoms with Gasteiger partial charge in [-0.1, -0.05) is 6.07 Å². The molecule has 1 aliphatic heterocycles. The van der Waals surface area contributed by atoms with Crippen LogP contribution < -0.4 is 10.6 Å². The van der Waals surface area contributed by atoms with Gasteiger partial charge in [-0.05, 0) is 31.3 Å². The summed E-state index contributed by atoms with van der Waals surface area (Å²) in [6, 6.07) is 4.05. The van der Waals surface area contributed by atoms with Crippen LogP contribution in [0, 0.1) is 5.41 Å². The minimum atomic E-state index is -0.211. The molecule has 82 valence electrons. The van der Waals surface area contributed by atoms with Crippen LogP contribution in [0.4, 0.5) is 0 Å². The van der Waals surface area contributed by atoms with E-state index in [9.17, 15) is 4.79 Å². The monoisotopic (exact) mass is 224 g/mol. The van der Waals surface area contributed by atoms with E-state index in [1.54, 1.807) is 11.3 Å². The van der Waals surface area contributed by atoms with E-state index >= 15 is 0 Å². The average Bonchev–Trinajstić information content (AvgIpc) is 2.85. The van der Waals surface area contributed by atoms with E-state index in [1.165, 1.54) is 4.88 Å². The molecule has 4 heteroatoms. The molecule has 3 nitrogen and oxygen atoms in total. The maximum Gasteiger partial charge on any atom is 0.227 e. The van der Waals surface area contributed by atoms with Gasteiger partial charge in [0.25, 0.3) is 0 Å². The second-order valence-electron chi connectivity index (χ2n) is 4.25. The number of carbonyl (C=O) groups excluding carboxylic acids is 1. The van der Waals surface area contributed by atoms with Crippen LogP contribution in [-0.4, -0.2) is 19.0 Å².